The Labute approximate surface area is 425 Å². The molecule has 352 valence electrons. The number of thiazole rings is 1. The van der Waals surface area contributed by atoms with Crippen molar-refractivity contribution in [1.29, 1.82) is 0 Å². The second-order valence-electron chi connectivity index (χ2n) is 15.3. The molecule has 8 aromatic heterocycles. The Balaban J connectivity index is 0.000000102. The molecule has 0 spiro atoms. The number of thiophene rings is 1. The Morgan fingerprint density at radius 1 is 0.403 bits per heavy atom. The van der Waals surface area contributed by atoms with Crippen LogP contribution in [0.25, 0.3) is 85.2 Å². The lowest BCUT2D eigenvalue weighted by atomic mass is 10.3. The average molecular weight is 996 g/mol. The number of hydrogen-bond donors (Lipinski definition) is 2. The van der Waals surface area contributed by atoms with Crippen LogP contribution in [-0.2, 0) is 0 Å². The third kappa shape index (κ3) is 13.6. The molecule has 0 radical (unpaired) electrons. The van der Waals surface area contributed by atoms with E-state index < -0.39 is 0 Å². The molecule has 8 aromatic carbocycles. The van der Waals surface area contributed by atoms with E-state index in [1.54, 1.807) is 35.1 Å². The summed E-state index contributed by atoms with van der Waals surface area (Å²) in [7, 11) is 0. The highest BCUT2D eigenvalue weighted by Gasteiger charge is 1.95. The minimum absolute atomic E-state index is 0.845. The summed E-state index contributed by atoms with van der Waals surface area (Å²) in [5.74, 6) is 0. The van der Waals surface area contributed by atoms with Crippen molar-refractivity contribution in [2.45, 2.75) is 0 Å². The third-order valence-corrected chi connectivity index (χ3v) is 13.0. The number of aromatic nitrogens is 7. The Bertz CT molecular complexity index is 3050. The molecule has 0 saturated carbocycles. The predicted molar refractivity (Wildman–Crippen MR) is 300 cm³/mol. The second kappa shape index (κ2) is 25.6. The zero-order valence-electron chi connectivity index (χ0n) is 38.5. The van der Waals surface area contributed by atoms with Crippen molar-refractivity contribution in [3.63, 3.8) is 0 Å². The first-order chi connectivity index (χ1) is 35.7. The topological polar surface area (TPSA) is 135 Å². The molecule has 2 N–H and O–H groups in total. The van der Waals surface area contributed by atoms with Gasteiger partial charge in [0, 0.05) is 44.2 Å². The predicted octanol–water partition coefficient (Wildman–Crippen LogP) is 17.3. The Hall–Kier alpha value is -9.01. The van der Waals surface area contributed by atoms with Gasteiger partial charge in [-0.25, -0.2) is 9.97 Å². The fourth-order valence-electron chi connectivity index (χ4n) is 6.92. The molecule has 72 heavy (non-hydrogen) atoms. The van der Waals surface area contributed by atoms with Gasteiger partial charge in [0.05, 0.1) is 44.6 Å². The quantitative estimate of drug-likeness (QED) is 0.153. The summed E-state index contributed by atoms with van der Waals surface area (Å²) in [5, 5.41) is 19.7. The normalized spacial score (nSPS) is 10.2. The first kappa shape index (κ1) is 48.0. The second-order valence-corrected chi connectivity index (χ2v) is 18.0. The highest BCUT2D eigenvalue weighted by Crippen LogP contribution is 2.20. The van der Waals surface area contributed by atoms with E-state index in [1.807, 2.05) is 170 Å². The number of H-pyrrole nitrogens is 2. The Morgan fingerprint density at radius 2 is 1.04 bits per heavy atom. The van der Waals surface area contributed by atoms with Crippen molar-refractivity contribution < 1.29 is 13.4 Å². The smallest absolute Gasteiger partial charge is 0.181 e. The largest absolute Gasteiger partial charge is 0.464 e. The summed E-state index contributed by atoms with van der Waals surface area (Å²) in [4.78, 5) is 11.2. The molecule has 0 saturated heterocycles. The van der Waals surface area contributed by atoms with Gasteiger partial charge in [-0.1, -0.05) is 133 Å². The number of para-hydroxylation sites is 7. The maximum Gasteiger partial charge on any atom is 0.181 e. The molecule has 13 heteroatoms. The fourth-order valence-corrected chi connectivity index (χ4v) is 9.03. The van der Waals surface area contributed by atoms with Gasteiger partial charge in [-0.15, -0.1) is 22.7 Å². The summed E-state index contributed by atoms with van der Waals surface area (Å²) in [6, 6.07) is 70.5. The maximum atomic E-state index is 5.12. The number of aromatic amines is 2. The van der Waals surface area contributed by atoms with E-state index in [0.29, 0.717) is 0 Å². The van der Waals surface area contributed by atoms with Crippen LogP contribution >= 0.6 is 34.2 Å². The van der Waals surface area contributed by atoms with Crippen LogP contribution in [0.15, 0.2) is 274 Å². The average Bonchev–Trinajstić information content (AvgIpc) is 4.31. The molecular formula is C59H45N7O3S3. The molecule has 8 heterocycles. The van der Waals surface area contributed by atoms with E-state index >= 15 is 0 Å². The molecule has 0 unspecified atom stereocenters. The molecule has 0 fully saturated rings. The number of fused-ring (bicyclic) bond motifs is 8. The number of rotatable bonds is 0. The molecule has 0 bridgehead atoms. The van der Waals surface area contributed by atoms with Crippen LogP contribution in [0, 0.1) is 0 Å². The zero-order chi connectivity index (χ0) is 48.8. The molecule has 0 amide bonds. The van der Waals surface area contributed by atoms with E-state index in [2.05, 4.69) is 107 Å². The Morgan fingerprint density at radius 3 is 1.78 bits per heavy atom. The number of oxazole rings is 1. The van der Waals surface area contributed by atoms with Gasteiger partial charge in [0.2, 0.25) is 0 Å². The van der Waals surface area contributed by atoms with Crippen molar-refractivity contribution >= 4 is 119 Å². The van der Waals surface area contributed by atoms with E-state index in [-0.39, 0.29) is 0 Å². The molecule has 16 aromatic rings. The number of benzene rings is 8. The minimum atomic E-state index is 0.845. The van der Waals surface area contributed by atoms with Crippen LogP contribution in [0.1, 0.15) is 0 Å². The first-order valence-corrected chi connectivity index (χ1v) is 25.2. The van der Waals surface area contributed by atoms with Crippen LogP contribution < -0.4 is 0 Å². The summed E-state index contributed by atoms with van der Waals surface area (Å²) in [6.45, 7) is 0. The van der Waals surface area contributed by atoms with Gasteiger partial charge in [0.15, 0.2) is 17.6 Å². The molecular weight excluding hydrogens is 951 g/mol. The first-order valence-electron chi connectivity index (χ1n) is 22.6. The van der Waals surface area contributed by atoms with Crippen molar-refractivity contribution in [3.05, 3.63) is 261 Å². The molecule has 0 aliphatic heterocycles. The summed E-state index contributed by atoms with van der Waals surface area (Å²) in [5.41, 5.74) is 8.83. The standard InChI is InChI=1S/C8H7N.C8H6O.C8H6S.C7H6N2.2C7H5NO.2C7H5NS/c3*1-2-4-8-7(3-1)5-6-9-8;1-2-4-7-6(3-1)5-8-9-7;1-2-4-7-6(3-1)8-5-9-7;1-2-4-7-6(3-1)5-8-9-7;1-2-4-7-6(3-1)8-5-9-7;1-2-4-7-6(3-1)5-8-9-7/h1-6,9H;2*1-6H;1-5H,(H,8,9);4*1-5H. The van der Waals surface area contributed by atoms with Gasteiger partial charge in [0.25, 0.3) is 0 Å². The third-order valence-electron chi connectivity index (χ3n) is 10.5. The number of furan rings is 1. The summed E-state index contributed by atoms with van der Waals surface area (Å²) >= 11 is 5.00. The number of nitrogens with one attached hydrogen (secondary N) is 2. The fraction of sp³-hybridized carbons (Fsp3) is 0. The monoisotopic (exact) mass is 995 g/mol. The molecule has 0 aliphatic rings. The van der Waals surface area contributed by atoms with Crippen molar-refractivity contribution in [2.75, 3.05) is 0 Å². The minimum Gasteiger partial charge on any atom is -0.464 e. The van der Waals surface area contributed by atoms with Crippen LogP contribution in [0.4, 0.5) is 0 Å². The van der Waals surface area contributed by atoms with Gasteiger partial charge in [-0.2, -0.15) is 9.47 Å². The lowest BCUT2D eigenvalue weighted by Crippen LogP contribution is -1.63. The van der Waals surface area contributed by atoms with E-state index in [1.165, 1.54) is 53.7 Å². The van der Waals surface area contributed by atoms with Crippen LogP contribution in [0.3, 0.4) is 0 Å². The highest BCUT2D eigenvalue weighted by molar-refractivity contribution is 7.17. The zero-order valence-corrected chi connectivity index (χ0v) is 41.0. The van der Waals surface area contributed by atoms with Crippen LogP contribution in [-0.4, -0.2) is 34.7 Å². The van der Waals surface area contributed by atoms with Crippen molar-refractivity contribution in [2.24, 2.45) is 0 Å². The van der Waals surface area contributed by atoms with E-state index in [0.717, 1.165) is 49.5 Å². The maximum absolute atomic E-state index is 5.12. The van der Waals surface area contributed by atoms with Gasteiger partial charge in [0.1, 0.15) is 11.1 Å². The van der Waals surface area contributed by atoms with E-state index in [4.69, 9.17) is 13.4 Å². The van der Waals surface area contributed by atoms with Gasteiger partial charge in [-0.05, 0) is 113 Å². The van der Waals surface area contributed by atoms with Crippen molar-refractivity contribution in [3.8, 4) is 0 Å². The molecule has 0 atom stereocenters. The Kier molecular flexibility index (Phi) is 17.0. The van der Waals surface area contributed by atoms with Gasteiger partial charge >= 0.3 is 0 Å². The van der Waals surface area contributed by atoms with Gasteiger partial charge < -0.3 is 18.3 Å². The summed E-state index contributed by atoms with van der Waals surface area (Å²) < 4.78 is 22.9. The number of nitrogens with zero attached hydrogens (tertiary/aromatic N) is 5. The molecule has 16 rings (SSSR count). The van der Waals surface area contributed by atoms with Gasteiger partial charge in [-0.3, -0.25) is 5.10 Å². The molecule has 10 nitrogen and oxygen atoms in total. The highest BCUT2D eigenvalue weighted by atomic mass is 32.1. The number of hydrogen-bond acceptors (Lipinski definition) is 11. The van der Waals surface area contributed by atoms with Crippen molar-refractivity contribution in [1.82, 2.24) is 34.7 Å². The van der Waals surface area contributed by atoms with Crippen LogP contribution in [0.5, 0.6) is 0 Å². The SMILES string of the molecule is c1ccc2[nH]ccc2c1.c1ccc2[nH]ncc2c1.c1ccc2occc2c1.c1ccc2ocnc2c1.c1ccc2oncc2c1.c1ccc2sccc2c1.c1ccc2scnc2c1.c1ccc2sncc2c1. The van der Waals surface area contributed by atoms with E-state index in [9.17, 15) is 0 Å². The lowest BCUT2D eigenvalue weighted by Gasteiger charge is -1.83. The molecule has 0 aliphatic carbocycles. The lowest BCUT2D eigenvalue weighted by molar-refractivity contribution is 0.456. The summed E-state index contributed by atoms with van der Waals surface area (Å²) in [6.07, 6.45) is 10.5. The van der Waals surface area contributed by atoms with Crippen LogP contribution in [0.2, 0.25) is 0 Å².